The number of carbonyl (C=O) groups is 1. The maximum absolute atomic E-state index is 11.4. The number of benzene rings is 1. The van der Waals surface area contributed by atoms with Crippen molar-refractivity contribution < 1.29 is 9.90 Å². The highest BCUT2D eigenvalue weighted by Crippen LogP contribution is 2.16. The van der Waals surface area contributed by atoms with Crippen LogP contribution in [-0.4, -0.2) is 17.6 Å². The normalized spacial score (nSPS) is 10.9. The van der Waals surface area contributed by atoms with Crippen molar-refractivity contribution in [3.63, 3.8) is 0 Å². The first-order chi connectivity index (χ1) is 7.59. The van der Waals surface area contributed by atoms with Crippen molar-refractivity contribution in [3.05, 3.63) is 35.9 Å². The Labute approximate surface area is 95.8 Å². The van der Waals surface area contributed by atoms with Crippen LogP contribution in [0.15, 0.2) is 30.3 Å². The van der Waals surface area contributed by atoms with Gasteiger partial charge in [0.25, 0.3) is 0 Å². The van der Waals surface area contributed by atoms with Crippen LogP contribution < -0.4 is 5.32 Å². The molecular formula is C13H17NO2. The summed E-state index contributed by atoms with van der Waals surface area (Å²) in [6.45, 7) is 4.73. The minimum atomic E-state index is -0.142. The number of rotatable bonds is 4. The summed E-state index contributed by atoms with van der Waals surface area (Å²) in [4.78, 5) is 11.4. The molecular weight excluding hydrogens is 202 g/mol. The van der Waals surface area contributed by atoms with Gasteiger partial charge in [-0.1, -0.05) is 32.0 Å². The fourth-order valence-corrected chi connectivity index (χ4v) is 1.16. The molecule has 0 fully saturated rings. The number of phenolic OH excluding ortho intramolecular Hbond substituents is 1. The Morgan fingerprint density at radius 1 is 1.44 bits per heavy atom. The fraction of sp³-hybridized carbons (Fsp3) is 0.308. The van der Waals surface area contributed by atoms with Gasteiger partial charge in [0, 0.05) is 18.2 Å². The molecule has 0 spiro atoms. The minimum absolute atomic E-state index is 0.142. The SMILES string of the molecule is CC(C)CNC(=O)/C=C/c1ccccc1O. The third-order valence-corrected chi connectivity index (χ3v) is 2.04. The minimum Gasteiger partial charge on any atom is -0.507 e. The zero-order valence-corrected chi connectivity index (χ0v) is 9.60. The van der Waals surface area contributed by atoms with Crippen molar-refractivity contribution in [2.45, 2.75) is 13.8 Å². The number of amides is 1. The van der Waals surface area contributed by atoms with E-state index < -0.39 is 0 Å². The lowest BCUT2D eigenvalue weighted by Crippen LogP contribution is -2.25. The molecule has 0 aliphatic rings. The molecule has 0 aromatic heterocycles. The Morgan fingerprint density at radius 3 is 2.75 bits per heavy atom. The van der Waals surface area contributed by atoms with Crippen LogP contribution in [0.1, 0.15) is 19.4 Å². The van der Waals surface area contributed by atoms with E-state index in [4.69, 9.17) is 0 Å². The van der Waals surface area contributed by atoms with E-state index in [0.29, 0.717) is 18.0 Å². The standard InChI is InChI=1S/C13H17NO2/c1-10(2)9-14-13(16)8-7-11-5-3-4-6-12(11)15/h3-8,10,15H,9H2,1-2H3,(H,14,16)/b8-7+. The van der Waals surface area contributed by atoms with Crippen molar-refractivity contribution in [1.82, 2.24) is 5.32 Å². The van der Waals surface area contributed by atoms with Gasteiger partial charge in [0.2, 0.25) is 5.91 Å². The largest absolute Gasteiger partial charge is 0.507 e. The molecule has 3 nitrogen and oxygen atoms in total. The lowest BCUT2D eigenvalue weighted by molar-refractivity contribution is -0.116. The molecule has 1 aromatic rings. The number of nitrogens with one attached hydrogen (secondary N) is 1. The summed E-state index contributed by atoms with van der Waals surface area (Å²) in [5, 5.41) is 12.2. The van der Waals surface area contributed by atoms with E-state index in [1.165, 1.54) is 6.08 Å². The molecule has 1 amide bonds. The van der Waals surface area contributed by atoms with E-state index in [1.807, 2.05) is 19.9 Å². The van der Waals surface area contributed by atoms with Crippen LogP contribution in [0.4, 0.5) is 0 Å². The molecule has 86 valence electrons. The molecule has 0 saturated heterocycles. The van der Waals surface area contributed by atoms with Gasteiger partial charge < -0.3 is 10.4 Å². The smallest absolute Gasteiger partial charge is 0.244 e. The molecule has 0 bridgehead atoms. The zero-order valence-electron chi connectivity index (χ0n) is 9.60. The van der Waals surface area contributed by atoms with E-state index in [2.05, 4.69) is 5.32 Å². The van der Waals surface area contributed by atoms with Crippen LogP contribution in [0, 0.1) is 5.92 Å². The second kappa shape index (κ2) is 5.95. The lowest BCUT2D eigenvalue weighted by atomic mass is 10.2. The molecule has 0 radical (unpaired) electrons. The Bertz CT molecular complexity index is 383. The van der Waals surface area contributed by atoms with Crippen LogP contribution in [-0.2, 0) is 4.79 Å². The van der Waals surface area contributed by atoms with Crippen LogP contribution >= 0.6 is 0 Å². The Morgan fingerprint density at radius 2 is 2.12 bits per heavy atom. The Hall–Kier alpha value is -1.77. The zero-order chi connectivity index (χ0) is 12.0. The summed E-state index contributed by atoms with van der Waals surface area (Å²) >= 11 is 0. The number of para-hydroxylation sites is 1. The molecule has 2 N–H and O–H groups in total. The molecule has 0 heterocycles. The molecule has 3 heteroatoms. The molecule has 16 heavy (non-hydrogen) atoms. The van der Waals surface area contributed by atoms with Crippen molar-refractivity contribution in [3.8, 4) is 5.75 Å². The third kappa shape index (κ3) is 4.17. The van der Waals surface area contributed by atoms with Gasteiger partial charge in [-0.15, -0.1) is 0 Å². The number of hydrogen-bond donors (Lipinski definition) is 2. The van der Waals surface area contributed by atoms with Crippen LogP contribution in [0.25, 0.3) is 6.08 Å². The monoisotopic (exact) mass is 219 g/mol. The van der Waals surface area contributed by atoms with Gasteiger partial charge >= 0.3 is 0 Å². The molecule has 0 saturated carbocycles. The van der Waals surface area contributed by atoms with Crippen molar-refractivity contribution in [2.24, 2.45) is 5.92 Å². The van der Waals surface area contributed by atoms with Crippen LogP contribution in [0.2, 0.25) is 0 Å². The summed E-state index contributed by atoms with van der Waals surface area (Å²) in [5.41, 5.74) is 0.641. The van der Waals surface area contributed by atoms with E-state index in [-0.39, 0.29) is 11.7 Å². The first kappa shape index (κ1) is 12.3. The van der Waals surface area contributed by atoms with Crippen molar-refractivity contribution in [1.29, 1.82) is 0 Å². The molecule has 0 aliphatic carbocycles. The summed E-state index contributed by atoms with van der Waals surface area (Å²) in [6.07, 6.45) is 3.03. The molecule has 0 aliphatic heterocycles. The second-order valence-corrected chi connectivity index (χ2v) is 4.03. The van der Waals surface area contributed by atoms with Crippen LogP contribution in [0.3, 0.4) is 0 Å². The average Bonchev–Trinajstić information content (AvgIpc) is 2.25. The second-order valence-electron chi connectivity index (χ2n) is 4.03. The highest BCUT2D eigenvalue weighted by molar-refractivity contribution is 5.92. The van der Waals surface area contributed by atoms with E-state index in [0.717, 1.165) is 0 Å². The van der Waals surface area contributed by atoms with Gasteiger partial charge in [-0.3, -0.25) is 4.79 Å². The highest BCUT2D eigenvalue weighted by atomic mass is 16.3. The van der Waals surface area contributed by atoms with E-state index in [9.17, 15) is 9.90 Å². The summed E-state index contributed by atoms with van der Waals surface area (Å²) in [7, 11) is 0. The molecule has 0 unspecified atom stereocenters. The van der Waals surface area contributed by atoms with Gasteiger partial charge in [0.1, 0.15) is 5.75 Å². The predicted octanol–water partition coefficient (Wildman–Crippen LogP) is 2.18. The van der Waals surface area contributed by atoms with E-state index >= 15 is 0 Å². The predicted molar refractivity (Wildman–Crippen MR) is 65.0 cm³/mol. The molecule has 1 aromatic carbocycles. The highest BCUT2D eigenvalue weighted by Gasteiger charge is 1.98. The third-order valence-electron chi connectivity index (χ3n) is 2.04. The van der Waals surface area contributed by atoms with Gasteiger partial charge in [0.05, 0.1) is 0 Å². The van der Waals surface area contributed by atoms with Gasteiger partial charge in [-0.05, 0) is 18.1 Å². The van der Waals surface area contributed by atoms with E-state index in [1.54, 1.807) is 24.3 Å². The Kier molecular flexibility index (Phi) is 4.58. The average molecular weight is 219 g/mol. The van der Waals surface area contributed by atoms with Crippen molar-refractivity contribution in [2.75, 3.05) is 6.54 Å². The first-order valence-corrected chi connectivity index (χ1v) is 5.33. The first-order valence-electron chi connectivity index (χ1n) is 5.33. The van der Waals surface area contributed by atoms with Crippen LogP contribution in [0.5, 0.6) is 5.75 Å². The maximum atomic E-state index is 11.4. The van der Waals surface area contributed by atoms with Crippen molar-refractivity contribution >= 4 is 12.0 Å². The topological polar surface area (TPSA) is 49.3 Å². The summed E-state index contributed by atoms with van der Waals surface area (Å²) in [5.74, 6) is 0.467. The van der Waals surface area contributed by atoms with Gasteiger partial charge in [-0.2, -0.15) is 0 Å². The molecule has 0 atom stereocenters. The lowest BCUT2D eigenvalue weighted by Gasteiger charge is -2.04. The van der Waals surface area contributed by atoms with Gasteiger partial charge in [0.15, 0.2) is 0 Å². The number of carbonyl (C=O) groups excluding carboxylic acids is 1. The summed E-state index contributed by atoms with van der Waals surface area (Å²) in [6, 6.07) is 6.89. The molecule has 1 rings (SSSR count). The summed E-state index contributed by atoms with van der Waals surface area (Å²) < 4.78 is 0. The maximum Gasteiger partial charge on any atom is 0.244 e. The number of hydrogen-bond acceptors (Lipinski definition) is 2. The number of aromatic hydroxyl groups is 1. The quantitative estimate of drug-likeness (QED) is 0.762. The van der Waals surface area contributed by atoms with Gasteiger partial charge in [-0.25, -0.2) is 0 Å². The number of phenols is 1. The Balaban J connectivity index is 2.54. The fourth-order valence-electron chi connectivity index (χ4n) is 1.16.